The van der Waals surface area contributed by atoms with Gasteiger partial charge in [0.05, 0.1) is 10.4 Å². The minimum Gasteiger partial charge on any atom is -0.196 e. The van der Waals surface area contributed by atoms with Gasteiger partial charge in [-0.25, -0.2) is 0 Å². The summed E-state index contributed by atoms with van der Waals surface area (Å²) < 4.78 is 5.84. The molecule has 0 aliphatic heterocycles. The fraction of sp³-hybridized carbons (Fsp3) is 0.417. The fourth-order valence-corrected chi connectivity index (χ4v) is 2.62. The maximum atomic E-state index is 4.51. The van der Waals surface area contributed by atoms with Gasteiger partial charge in [0.15, 0.2) is 0 Å². The van der Waals surface area contributed by atoms with Crippen LogP contribution in [0, 0.1) is 0 Å². The molecule has 0 unspecified atom stereocenters. The van der Waals surface area contributed by atoms with Crippen LogP contribution in [0.1, 0.15) is 37.9 Å². The zero-order valence-electron chi connectivity index (χ0n) is 8.87. The Kier molecular flexibility index (Phi) is 2.55. The van der Waals surface area contributed by atoms with Gasteiger partial charge in [-0.2, -0.15) is 4.37 Å². The normalized spacial score (nSPS) is 11.4. The molecule has 2 heteroatoms. The number of aromatic nitrogens is 1. The van der Waals surface area contributed by atoms with Crippen molar-refractivity contribution < 1.29 is 0 Å². The maximum Gasteiger partial charge on any atom is 0.0646 e. The monoisotopic (exact) mass is 205 g/mol. The lowest BCUT2D eigenvalue weighted by molar-refractivity contribution is 0.850. The first-order valence-corrected chi connectivity index (χ1v) is 5.88. The summed E-state index contributed by atoms with van der Waals surface area (Å²) in [6.07, 6.45) is 1.10. The SMILES string of the molecule is CCc1ccc2c(C(C)C)nsc2c1. The van der Waals surface area contributed by atoms with Gasteiger partial charge in [-0.3, -0.25) is 0 Å². The maximum absolute atomic E-state index is 4.51. The van der Waals surface area contributed by atoms with Gasteiger partial charge >= 0.3 is 0 Å². The molecule has 2 aromatic rings. The summed E-state index contributed by atoms with van der Waals surface area (Å²) in [4.78, 5) is 0. The van der Waals surface area contributed by atoms with E-state index in [9.17, 15) is 0 Å². The number of aryl methyl sites for hydroxylation is 1. The van der Waals surface area contributed by atoms with Crippen LogP contribution in [0.3, 0.4) is 0 Å². The predicted octanol–water partition coefficient (Wildman–Crippen LogP) is 3.98. The number of benzene rings is 1. The third-order valence-corrected chi connectivity index (χ3v) is 3.34. The van der Waals surface area contributed by atoms with E-state index in [0.29, 0.717) is 5.92 Å². The standard InChI is InChI=1S/C12H15NS/c1-4-9-5-6-10-11(7-9)14-13-12(10)8(2)3/h5-8H,4H2,1-3H3. The van der Waals surface area contributed by atoms with Crippen LogP contribution < -0.4 is 0 Å². The molecule has 0 fully saturated rings. The third-order valence-electron chi connectivity index (χ3n) is 2.52. The predicted molar refractivity (Wildman–Crippen MR) is 63.1 cm³/mol. The fourth-order valence-electron chi connectivity index (χ4n) is 1.64. The first-order chi connectivity index (χ1) is 6.72. The van der Waals surface area contributed by atoms with Crippen molar-refractivity contribution in [2.45, 2.75) is 33.1 Å². The van der Waals surface area contributed by atoms with Gasteiger partial charge < -0.3 is 0 Å². The van der Waals surface area contributed by atoms with Gasteiger partial charge in [0.25, 0.3) is 0 Å². The van der Waals surface area contributed by atoms with Crippen LogP contribution in [0.15, 0.2) is 18.2 Å². The lowest BCUT2D eigenvalue weighted by atomic mass is 10.0. The van der Waals surface area contributed by atoms with E-state index in [4.69, 9.17) is 0 Å². The summed E-state index contributed by atoms with van der Waals surface area (Å²) >= 11 is 1.62. The smallest absolute Gasteiger partial charge is 0.0646 e. The summed E-state index contributed by atoms with van der Waals surface area (Å²) in [6, 6.07) is 6.69. The molecule has 0 saturated heterocycles. The van der Waals surface area contributed by atoms with Crippen molar-refractivity contribution in [3.63, 3.8) is 0 Å². The molecule has 0 aliphatic rings. The topological polar surface area (TPSA) is 12.9 Å². The van der Waals surface area contributed by atoms with E-state index in [1.165, 1.54) is 21.3 Å². The summed E-state index contributed by atoms with van der Waals surface area (Å²) in [5.74, 6) is 0.524. The molecule has 0 saturated carbocycles. The Hall–Kier alpha value is -0.890. The van der Waals surface area contributed by atoms with Gasteiger partial charge in [0, 0.05) is 5.39 Å². The summed E-state index contributed by atoms with van der Waals surface area (Å²) in [5.41, 5.74) is 2.64. The molecule has 1 nitrogen and oxygen atoms in total. The molecule has 0 atom stereocenters. The van der Waals surface area contributed by atoms with E-state index >= 15 is 0 Å². The van der Waals surface area contributed by atoms with E-state index in [2.05, 4.69) is 43.3 Å². The third kappa shape index (κ3) is 1.55. The number of rotatable bonds is 2. The molecular weight excluding hydrogens is 190 g/mol. The zero-order valence-corrected chi connectivity index (χ0v) is 9.69. The van der Waals surface area contributed by atoms with Crippen LogP contribution in [-0.4, -0.2) is 4.37 Å². The molecule has 1 heterocycles. The Morgan fingerprint density at radius 1 is 1.36 bits per heavy atom. The van der Waals surface area contributed by atoms with Gasteiger partial charge in [-0.1, -0.05) is 32.9 Å². The van der Waals surface area contributed by atoms with Crippen LogP contribution in [0.4, 0.5) is 0 Å². The highest BCUT2D eigenvalue weighted by Crippen LogP contribution is 2.28. The molecule has 1 aromatic heterocycles. The molecule has 14 heavy (non-hydrogen) atoms. The molecule has 1 aromatic carbocycles. The van der Waals surface area contributed by atoms with E-state index < -0.39 is 0 Å². The van der Waals surface area contributed by atoms with Gasteiger partial charge in [-0.05, 0) is 35.5 Å². The van der Waals surface area contributed by atoms with Crippen molar-refractivity contribution in [2.24, 2.45) is 0 Å². The Bertz CT molecular complexity index is 443. The van der Waals surface area contributed by atoms with Crippen LogP contribution >= 0.6 is 11.5 Å². The molecular formula is C12H15NS. The number of hydrogen-bond donors (Lipinski definition) is 0. The summed E-state index contributed by atoms with van der Waals surface area (Å²) in [6.45, 7) is 6.58. The molecule has 2 rings (SSSR count). The largest absolute Gasteiger partial charge is 0.196 e. The highest BCUT2D eigenvalue weighted by molar-refractivity contribution is 7.13. The average molecular weight is 205 g/mol. The lowest BCUT2D eigenvalue weighted by Gasteiger charge is -2.01. The van der Waals surface area contributed by atoms with Crippen LogP contribution in [0.5, 0.6) is 0 Å². The summed E-state index contributed by atoms with van der Waals surface area (Å²) in [5, 5.41) is 1.34. The van der Waals surface area contributed by atoms with E-state index in [1.54, 1.807) is 11.5 Å². The molecule has 0 bridgehead atoms. The Balaban J connectivity index is 2.59. The number of fused-ring (bicyclic) bond motifs is 1. The van der Waals surface area contributed by atoms with E-state index in [-0.39, 0.29) is 0 Å². The van der Waals surface area contributed by atoms with Crippen molar-refractivity contribution in [3.05, 3.63) is 29.5 Å². The van der Waals surface area contributed by atoms with E-state index in [1.807, 2.05) is 0 Å². The van der Waals surface area contributed by atoms with Crippen LogP contribution in [0.25, 0.3) is 10.1 Å². The first-order valence-electron chi connectivity index (χ1n) is 5.10. The van der Waals surface area contributed by atoms with Crippen molar-refractivity contribution in [1.29, 1.82) is 0 Å². The second-order valence-electron chi connectivity index (χ2n) is 3.91. The van der Waals surface area contributed by atoms with Crippen molar-refractivity contribution in [2.75, 3.05) is 0 Å². The Morgan fingerprint density at radius 2 is 2.14 bits per heavy atom. The quantitative estimate of drug-likeness (QED) is 0.722. The van der Waals surface area contributed by atoms with Crippen molar-refractivity contribution in [1.82, 2.24) is 4.37 Å². The molecule has 0 N–H and O–H groups in total. The van der Waals surface area contributed by atoms with Crippen molar-refractivity contribution >= 4 is 21.6 Å². The van der Waals surface area contributed by atoms with Gasteiger partial charge in [0.1, 0.15) is 0 Å². The molecule has 0 radical (unpaired) electrons. The molecule has 0 aliphatic carbocycles. The second kappa shape index (κ2) is 3.70. The lowest BCUT2D eigenvalue weighted by Crippen LogP contribution is -1.87. The number of nitrogens with zero attached hydrogens (tertiary/aromatic N) is 1. The summed E-state index contributed by atoms with van der Waals surface area (Å²) in [7, 11) is 0. The van der Waals surface area contributed by atoms with E-state index in [0.717, 1.165) is 6.42 Å². The van der Waals surface area contributed by atoms with Gasteiger partial charge in [-0.15, -0.1) is 0 Å². The molecule has 74 valence electrons. The highest BCUT2D eigenvalue weighted by atomic mass is 32.1. The molecule has 0 spiro atoms. The Labute approximate surface area is 88.9 Å². The van der Waals surface area contributed by atoms with Gasteiger partial charge in [0.2, 0.25) is 0 Å². The number of hydrogen-bond acceptors (Lipinski definition) is 2. The first kappa shape index (κ1) is 9.66. The minimum absolute atomic E-state index is 0.524. The second-order valence-corrected chi connectivity index (χ2v) is 4.71. The van der Waals surface area contributed by atoms with Crippen molar-refractivity contribution in [3.8, 4) is 0 Å². The highest BCUT2D eigenvalue weighted by Gasteiger charge is 2.09. The Morgan fingerprint density at radius 3 is 2.79 bits per heavy atom. The van der Waals surface area contributed by atoms with Crippen LogP contribution in [-0.2, 0) is 6.42 Å². The zero-order chi connectivity index (χ0) is 10.1. The average Bonchev–Trinajstić information content (AvgIpc) is 2.59. The van der Waals surface area contributed by atoms with Crippen LogP contribution in [0.2, 0.25) is 0 Å². The molecule has 0 amide bonds. The minimum atomic E-state index is 0.524.